The lowest BCUT2D eigenvalue weighted by Crippen LogP contribution is -2.12. The first kappa shape index (κ1) is 14.9. The summed E-state index contributed by atoms with van der Waals surface area (Å²) in [6.07, 6.45) is 8.15. The van der Waals surface area contributed by atoms with E-state index in [9.17, 15) is 4.79 Å². The molecule has 1 saturated carbocycles. The average molecular weight is 276 g/mol. The fourth-order valence-electron chi connectivity index (χ4n) is 3.21. The van der Waals surface area contributed by atoms with Gasteiger partial charge in [0.1, 0.15) is 5.75 Å². The molecule has 0 bridgehead atoms. The van der Waals surface area contributed by atoms with Gasteiger partial charge < -0.3 is 9.84 Å². The highest BCUT2D eigenvalue weighted by atomic mass is 16.7. The fourth-order valence-corrected chi connectivity index (χ4v) is 3.21. The Morgan fingerprint density at radius 3 is 2.70 bits per heavy atom. The Hall–Kier alpha value is -1.51. The summed E-state index contributed by atoms with van der Waals surface area (Å²) in [6.45, 7) is 2.18. The molecule has 0 heterocycles. The van der Waals surface area contributed by atoms with Gasteiger partial charge in [0.15, 0.2) is 0 Å². The topological polar surface area (TPSA) is 46.5 Å². The molecule has 1 N–H and O–H groups in total. The second-order valence-corrected chi connectivity index (χ2v) is 5.64. The highest BCUT2D eigenvalue weighted by Gasteiger charge is 2.23. The van der Waals surface area contributed by atoms with Gasteiger partial charge in [-0.3, -0.25) is 0 Å². The van der Waals surface area contributed by atoms with E-state index < -0.39 is 6.16 Å². The predicted octanol–water partition coefficient (Wildman–Crippen LogP) is 5.13. The summed E-state index contributed by atoms with van der Waals surface area (Å²) in [7, 11) is 0. The van der Waals surface area contributed by atoms with Crippen LogP contribution in [0.2, 0.25) is 0 Å². The van der Waals surface area contributed by atoms with Gasteiger partial charge in [0.05, 0.1) is 0 Å². The summed E-state index contributed by atoms with van der Waals surface area (Å²) in [6, 6.07) is 5.84. The molecule has 1 aliphatic rings. The SMILES string of the molecule is CCCCc1cccc(OC(=O)O)c1C1CCCCC1. The van der Waals surface area contributed by atoms with Crippen LogP contribution in [0.5, 0.6) is 5.75 Å². The minimum Gasteiger partial charge on any atom is -0.449 e. The third-order valence-electron chi connectivity index (χ3n) is 4.17. The molecule has 0 unspecified atom stereocenters. The predicted molar refractivity (Wildman–Crippen MR) is 79.5 cm³/mol. The van der Waals surface area contributed by atoms with E-state index in [1.807, 2.05) is 6.07 Å². The van der Waals surface area contributed by atoms with Crippen molar-refractivity contribution < 1.29 is 14.6 Å². The van der Waals surface area contributed by atoms with Crippen molar-refractivity contribution in [3.63, 3.8) is 0 Å². The zero-order chi connectivity index (χ0) is 14.4. The number of ether oxygens (including phenoxy) is 1. The van der Waals surface area contributed by atoms with Crippen molar-refractivity contribution in [2.24, 2.45) is 0 Å². The number of unbranched alkanes of at least 4 members (excludes halogenated alkanes) is 1. The van der Waals surface area contributed by atoms with E-state index in [-0.39, 0.29) is 0 Å². The van der Waals surface area contributed by atoms with Crippen LogP contribution < -0.4 is 4.74 Å². The van der Waals surface area contributed by atoms with E-state index in [1.54, 1.807) is 6.07 Å². The number of carboxylic acid groups (broad SMARTS) is 1. The van der Waals surface area contributed by atoms with E-state index >= 15 is 0 Å². The molecule has 1 aromatic rings. The van der Waals surface area contributed by atoms with Crippen molar-refractivity contribution in [1.29, 1.82) is 0 Å². The molecule has 1 fully saturated rings. The van der Waals surface area contributed by atoms with E-state index in [1.165, 1.54) is 24.8 Å². The van der Waals surface area contributed by atoms with Crippen molar-refractivity contribution in [1.82, 2.24) is 0 Å². The number of rotatable bonds is 5. The van der Waals surface area contributed by atoms with Gasteiger partial charge in [-0.05, 0) is 43.2 Å². The number of carbonyl (C=O) groups is 1. The van der Waals surface area contributed by atoms with Gasteiger partial charge in [-0.15, -0.1) is 0 Å². The van der Waals surface area contributed by atoms with Gasteiger partial charge in [-0.25, -0.2) is 4.79 Å². The summed E-state index contributed by atoms with van der Waals surface area (Å²) in [4.78, 5) is 10.9. The first-order valence-electron chi connectivity index (χ1n) is 7.75. The first-order valence-corrected chi connectivity index (χ1v) is 7.75. The number of hydrogen-bond acceptors (Lipinski definition) is 2. The van der Waals surface area contributed by atoms with Crippen LogP contribution in [-0.4, -0.2) is 11.3 Å². The van der Waals surface area contributed by atoms with E-state index in [0.29, 0.717) is 11.7 Å². The molecule has 3 nitrogen and oxygen atoms in total. The Bertz CT molecular complexity index is 448. The average Bonchev–Trinajstić information content (AvgIpc) is 2.45. The lowest BCUT2D eigenvalue weighted by Gasteiger charge is -2.26. The molecule has 0 saturated heterocycles. The molecule has 0 radical (unpaired) electrons. The summed E-state index contributed by atoms with van der Waals surface area (Å²) in [5, 5.41) is 8.93. The molecular formula is C17H24O3. The Morgan fingerprint density at radius 2 is 2.05 bits per heavy atom. The molecule has 1 aliphatic carbocycles. The van der Waals surface area contributed by atoms with E-state index in [0.717, 1.165) is 37.7 Å². The van der Waals surface area contributed by atoms with Gasteiger partial charge in [-0.1, -0.05) is 44.7 Å². The molecule has 0 atom stereocenters. The Kier molecular flexibility index (Phi) is 5.45. The molecule has 3 heteroatoms. The maximum absolute atomic E-state index is 10.9. The second kappa shape index (κ2) is 7.32. The summed E-state index contributed by atoms with van der Waals surface area (Å²) >= 11 is 0. The summed E-state index contributed by atoms with van der Waals surface area (Å²) in [5.41, 5.74) is 2.43. The van der Waals surface area contributed by atoms with E-state index in [2.05, 4.69) is 13.0 Å². The Labute approximate surface area is 121 Å². The van der Waals surface area contributed by atoms with Crippen LogP contribution in [0.25, 0.3) is 0 Å². The minimum absolute atomic E-state index is 0.464. The Balaban J connectivity index is 2.32. The zero-order valence-corrected chi connectivity index (χ0v) is 12.2. The van der Waals surface area contributed by atoms with Crippen LogP contribution in [0, 0.1) is 0 Å². The molecule has 0 aliphatic heterocycles. The minimum atomic E-state index is -1.21. The summed E-state index contributed by atoms with van der Waals surface area (Å²) < 4.78 is 5.04. The van der Waals surface area contributed by atoms with E-state index in [4.69, 9.17) is 9.84 Å². The van der Waals surface area contributed by atoms with Crippen molar-refractivity contribution >= 4 is 6.16 Å². The molecule has 0 spiro atoms. The monoisotopic (exact) mass is 276 g/mol. The van der Waals surface area contributed by atoms with Gasteiger partial charge >= 0.3 is 6.16 Å². The molecule has 0 aromatic heterocycles. The highest BCUT2D eigenvalue weighted by molar-refractivity contribution is 5.63. The van der Waals surface area contributed by atoms with Gasteiger partial charge in [0.25, 0.3) is 0 Å². The van der Waals surface area contributed by atoms with Crippen molar-refractivity contribution in [2.45, 2.75) is 64.2 Å². The summed E-state index contributed by atoms with van der Waals surface area (Å²) in [5.74, 6) is 1.02. The third kappa shape index (κ3) is 3.75. The quantitative estimate of drug-likeness (QED) is 0.598. The van der Waals surface area contributed by atoms with Crippen molar-refractivity contribution in [3.05, 3.63) is 29.3 Å². The maximum atomic E-state index is 10.9. The molecular weight excluding hydrogens is 252 g/mol. The van der Waals surface area contributed by atoms with Gasteiger partial charge in [0.2, 0.25) is 0 Å². The third-order valence-corrected chi connectivity index (χ3v) is 4.17. The van der Waals surface area contributed by atoms with Crippen molar-refractivity contribution in [3.8, 4) is 5.75 Å². The van der Waals surface area contributed by atoms with Crippen LogP contribution in [0.15, 0.2) is 18.2 Å². The van der Waals surface area contributed by atoms with Crippen LogP contribution in [0.1, 0.15) is 68.9 Å². The maximum Gasteiger partial charge on any atom is 0.511 e. The van der Waals surface area contributed by atoms with Gasteiger partial charge in [-0.2, -0.15) is 0 Å². The van der Waals surface area contributed by atoms with Crippen LogP contribution in [-0.2, 0) is 6.42 Å². The molecule has 1 aromatic carbocycles. The lowest BCUT2D eigenvalue weighted by atomic mass is 9.81. The smallest absolute Gasteiger partial charge is 0.449 e. The van der Waals surface area contributed by atoms with Crippen LogP contribution >= 0.6 is 0 Å². The lowest BCUT2D eigenvalue weighted by molar-refractivity contribution is 0.143. The van der Waals surface area contributed by atoms with Crippen molar-refractivity contribution in [2.75, 3.05) is 0 Å². The molecule has 0 amide bonds. The first-order chi connectivity index (χ1) is 9.72. The number of benzene rings is 1. The number of aryl methyl sites for hydroxylation is 1. The molecule has 110 valence electrons. The fraction of sp³-hybridized carbons (Fsp3) is 0.588. The standard InChI is InChI=1S/C17H24O3/c1-2-3-8-13-11-7-12-15(20-17(18)19)16(13)14-9-5-4-6-10-14/h7,11-12,14H,2-6,8-10H2,1H3,(H,18,19). The zero-order valence-electron chi connectivity index (χ0n) is 12.2. The molecule has 2 rings (SSSR count). The van der Waals surface area contributed by atoms with Gasteiger partial charge in [0, 0.05) is 5.56 Å². The largest absolute Gasteiger partial charge is 0.511 e. The van der Waals surface area contributed by atoms with Crippen LogP contribution in [0.4, 0.5) is 4.79 Å². The Morgan fingerprint density at radius 1 is 1.30 bits per heavy atom. The normalized spacial score (nSPS) is 16.1. The highest BCUT2D eigenvalue weighted by Crippen LogP contribution is 2.40. The number of hydrogen-bond donors (Lipinski definition) is 1. The second-order valence-electron chi connectivity index (χ2n) is 5.64. The molecule has 20 heavy (non-hydrogen) atoms. The van der Waals surface area contributed by atoms with Crippen LogP contribution in [0.3, 0.4) is 0 Å².